The van der Waals surface area contributed by atoms with Crippen molar-refractivity contribution in [1.82, 2.24) is 0 Å². The fourth-order valence-electron chi connectivity index (χ4n) is 4.99. The van der Waals surface area contributed by atoms with Gasteiger partial charge in [-0.05, 0) is 78.6 Å². The molecule has 0 spiro atoms. The van der Waals surface area contributed by atoms with Crippen LogP contribution in [0.3, 0.4) is 0 Å². The molecule has 0 unspecified atom stereocenters. The van der Waals surface area contributed by atoms with E-state index < -0.39 is 0 Å². The standard InChI is InChI=1S/C26H32N2.2C7H8O.Pd/c1-4-7-11-21-13-10-15-22(18-21)25-19-24(14-8-5-2)26(28(25)27)23-16-9-12-20(6-3)17-23;2*8-6-7-4-2-1-3-5-7;/h9-10,12-13,15-19H,4-8,11,14H2,1-3H3;2*1-5,8H,6H2;. The van der Waals surface area contributed by atoms with E-state index in [1.54, 1.807) is 0 Å². The van der Waals surface area contributed by atoms with Crippen LogP contribution in [0.4, 0.5) is 0 Å². The van der Waals surface area contributed by atoms with Crippen LogP contribution in [-0.4, -0.2) is 14.9 Å². The molecule has 0 atom stereocenters. The van der Waals surface area contributed by atoms with Gasteiger partial charge in [0.15, 0.2) is 0 Å². The van der Waals surface area contributed by atoms with E-state index in [4.69, 9.17) is 10.2 Å². The van der Waals surface area contributed by atoms with Crippen molar-refractivity contribution in [3.05, 3.63) is 160 Å². The summed E-state index contributed by atoms with van der Waals surface area (Å²) in [7, 11) is 0. The summed E-state index contributed by atoms with van der Waals surface area (Å²) < 4.78 is 1.42. The average molecular weight is 695 g/mol. The summed E-state index contributed by atoms with van der Waals surface area (Å²) in [6.45, 7) is 6.88. The molecular formula is C40H48N2O2Pd. The molecule has 0 saturated heterocycles. The largest absolute Gasteiger partial charge is 0.493 e. The van der Waals surface area contributed by atoms with E-state index in [0.717, 1.165) is 65.8 Å². The van der Waals surface area contributed by atoms with Gasteiger partial charge in [0.2, 0.25) is 11.4 Å². The van der Waals surface area contributed by atoms with Crippen molar-refractivity contribution in [2.24, 2.45) is 0 Å². The number of hydrogen-bond acceptors (Lipinski definition) is 2. The smallest absolute Gasteiger partial charge is 0.210 e. The van der Waals surface area contributed by atoms with Crippen molar-refractivity contribution in [1.29, 1.82) is 0 Å². The van der Waals surface area contributed by atoms with Gasteiger partial charge in [-0.2, -0.15) is 0 Å². The Kier molecular flexibility index (Phi) is 17.9. The molecule has 0 saturated carbocycles. The number of aryl methyl sites for hydroxylation is 2. The maximum atomic E-state index is 11.2. The Hall–Kier alpha value is -3.46. The second-order valence-electron chi connectivity index (χ2n) is 11.0. The first-order valence-corrected chi connectivity index (χ1v) is 16.0. The quantitative estimate of drug-likeness (QED) is 0.121. The molecule has 0 bridgehead atoms. The van der Waals surface area contributed by atoms with E-state index in [-0.39, 0.29) is 33.6 Å². The fourth-order valence-corrected chi connectivity index (χ4v) is 4.99. The Balaban J connectivity index is 0.000000337. The first kappa shape index (κ1) is 37.7. The Morgan fingerprint density at radius 1 is 0.578 bits per heavy atom. The molecule has 2 N–H and O–H groups in total. The molecule has 5 rings (SSSR count). The topological polar surface area (TPSA) is 65.8 Å². The SMILES string of the molecule is CCCCC1=C(c2cccc(CC)c2)[N+](=[N-])C(c2cccc(CCCC)c2)=C1.OCc1ccccc1.OCc1ccccc1.[Pd]. The molecule has 0 aliphatic carbocycles. The van der Waals surface area contributed by atoms with Crippen molar-refractivity contribution in [3.8, 4) is 0 Å². The zero-order valence-electron chi connectivity index (χ0n) is 26.9. The zero-order valence-corrected chi connectivity index (χ0v) is 28.5. The molecule has 4 aromatic rings. The van der Waals surface area contributed by atoms with Gasteiger partial charge in [0, 0.05) is 43.2 Å². The van der Waals surface area contributed by atoms with Crippen molar-refractivity contribution in [2.75, 3.05) is 0 Å². The fraction of sp³-hybridized carbons (Fsp3) is 0.300. The second kappa shape index (κ2) is 21.3. The van der Waals surface area contributed by atoms with Crippen LogP contribution in [0.25, 0.3) is 16.9 Å². The molecule has 0 fully saturated rings. The van der Waals surface area contributed by atoms with Gasteiger partial charge in [-0.1, -0.05) is 119 Å². The first-order chi connectivity index (χ1) is 21.5. The van der Waals surface area contributed by atoms with Crippen molar-refractivity contribution in [3.63, 3.8) is 0 Å². The number of hydrogen-bond donors (Lipinski definition) is 2. The molecule has 0 amide bonds. The van der Waals surface area contributed by atoms with Gasteiger partial charge in [0.25, 0.3) is 0 Å². The van der Waals surface area contributed by atoms with E-state index in [9.17, 15) is 5.53 Å². The molecule has 0 aromatic heterocycles. The van der Waals surface area contributed by atoms with Crippen molar-refractivity contribution in [2.45, 2.75) is 78.9 Å². The van der Waals surface area contributed by atoms with Gasteiger partial charge in [-0.3, -0.25) is 0 Å². The number of rotatable bonds is 11. The Labute approximate surface area is 284 Å². The van der Waals surface area contributed by atoms with Crippen LogP contribution in [0.1, 0.15) is 86.3 Å². The average Bonchev–Trinajstić information content (AvgIpc) is 3.43. The summed E-state index contributed by atoms with van der Waals surface area (Å²) in [5, 5.41) is 17.1. The van der Waals surface area contributed by atoms with Crippen LogP contribution in [0, 0.1) is 0 Å². The number of benzene rings is 4. The third kappa shape index (κ3) is 12.1. The second-order valence-corrected chi connectivity index (χ2v) is 11.0. The third-order valence-electron chi connectivity index (χ3n) is 7.56. The molecular weight excluding hydrogens is 647 g/mol. The first-order valence-electron chi connectivity index (χ1n) is 16.0. The molecule has 5 heteroatoms. The van der Waals surface area contributed by atoms with Gasteiger partial charge in [0.1, 0.15) is 0 Å². The van der Waals surface area contributed by atoms with Crippen LogP contribution in [0.5, 0.6) is 0 Å². The van der Waals surface area contributed by atoms with Gasteiger partial charge in [0.05, 0.1) is 13.2 Å². The molecule has 1 aliphatic rings. The number of allylic oxidation sites excluding steroid dienone is 2. The zero-order chi connectivity index (χ0) is 31.6. The van der Waals surface area contributed by atoms with Crippen LogP contribution < -0.4 is 0 Å². The molecule has 45 heavy (non-hydrogen) atoms. The van der Waals surface area contributed by atoms with Crippen LogP contribution in [-0.2, 0) is 46.5 Å². The van der Waals surface area contributed by atoms with Gasteiger partial charge < -0.3 is 15.7 Å². The van der Waals surface area contributed by atoms with Gasteiger partial charge in [-0.25, -0.2) is 4.70 Å². The summed E-state index contributed by atoms with van der Waals surface area (Å²) in [6, 6.07) is 36.2. The normalized spacial score (nSPS) is 11.9. The predicted octanol–water partition coefficient (Wildman–Crippen LogP) is 9.94. The predicted molar refractivity (Wildman–Crippen MR) is 184 cm³/mol. The number of unbranched alkanes of at least 4 members (excludes halogenated alkanes) is 2. The van der Waals surface area contributed by atoms with E-state index >= 15 is 0 Å². The summed E-state index contributed by atoms with van der Waals surface area (Å²) >= 11 is 0. The number of aliphatic hydroxyl groups is 2. The monoisotopic (exact) mass is 694 g/mol. The Bertz CT molecular complexity index is 1460. The van der Waals surface area contributed by atoms with E-state index in [2.05, 4.69) is 75.4 Å². The minimum Gasteiger partial charge on any atom is -0.493 e. The Morgan fingerprint density at radius 3 is 1.58 bits per heavy atom. The maximum Gasteiger partial charge on any atom is 0.210 e. The van der Waals surface area contributed by atoms with Crippen LogP contribution in [0.15, 0.2) is 121 Å². The van der Waals surface area contributed by atoms with E-state index in [1.807, 2.05) is 60.7 Å². The summed E-state index contributed by atoms with van der Waals surface area (Å²) in [6.07, 6.45) is 9.91. The molecule has 240 valence electrons. The molecule has 1 aliphatic heterocycles. The van der Waals surface area contributed by atoms with Crippen LogP contribution >= 0.6 is 0 Å². The summed E-state index contributed by atoms with van der Waals surface area (Å²) in [5.41, 5.74) is 21.0. The van der Waals surface area contributed by atoms with Gasteiger partial charge >= 0.3 is 0 Å². The molecule has 4 nitrogen and oxygen atoms in total. The minimum absolute atomic E-state index is 0. The molecule has 4 aromatic carbocycles. The number of nitrogens with zero attached hydrogens (tertiary/aromatic N) is 2. The minimum atomic E-state index is 0. The summed E-state index contributed by atoms with van der Waals surface area (Å²) in [5.74, 6) is 0. The molecule has 1 heterocycles. The maximum absolute atomic E-state index is 11.2. The van der Waals surface area contributed by atoms with Crippen molar-refractivity contribution < 1.29 is 35.3 Å². The van der Waals surface area contributed by atoms with E-state index in [0.29, 0.717) is 0 Å². The van der Waals surface area contributed by atoms with Crippen LogP contribution in [0.2, 0.25) is 0 Å². The third-order valence-corrected chi connectivity index (χ3v) is 7.56. The molecule has 0 radical (unpaired) electrons. The van der Waals surface area contributed by atoms with Crippen molar-refractivity contribution >= 4 is 11.4 Å². The number of aliphatic hydroxyl groups excluding tert-OH is 2. The Morgan fingerprint density at radius 2 is 1.07 bits per heavy atom. The van der Waals surface area contributed by atoms with Gasteiger partial charge in [-0.15, -0.1) is 0 Å². The van der Waals surface area contributed by atoms with E-state index in [1.165, 1.54) is 34.2 Å². The summed E-state index contributed by atoms with van der Waals surface area (Å²) in [4.78, 5) is 0.